The predicted octanol–water partition coefficient (Wildman–Crippen LogP) is 3.15. The maximum atomic E-state index is 12.5. The summed E-state index contributed by atoms with van der Waals surface area (Å²) in [4.78, 5) is 23.7. The summed E-state index contributed by atoms with van der Waals surface area (Å²) < 4.78 is 16.1. The van der Waals surface area contributed by atoms with Gasteiger partial charge >= 0.3 is 5.97 Å². The number of aromatic carboxylic acids is 1. The van der Waals surface area contributed by atoms with Crippen LogP contribution in [-0.2, 0) is 0 Å². The van der Waals surface area contributed by atoms with Gasteiger partial charge < -0.3 is 24.6 Å². The van der Waals surface area contributed by atoms with E-state index < -0.39 is 11.9 Å². The van der Waals surface area contributed by atoms with E-state index in [0.717, 1.165) is 6.42 Å². The summed E-state index contributed by atoms with van der Waals surface area (Å²) >= 11 is 0. The molecule has 3 rings (SSSR count). The first-order valence-electron chi connectivity index (χ1n) is 7.79. The van der Waals surface area contributed by atoms with E-state index in [2.05, 4.69) is 5.32 Å². The summed E-state index contributed by atoms with van der Waals surface area (Å²) in [6.45, 7) is 2.53. The minimum absolute atomic E-state index is 0.0600. The highest BCUT2D eigenvalue weighted by Gasteiger charge is 2.18. The molecule has 2 aromatic rings. The molecule has 0 saturated heterocycles. The molecular formula is C18H17NO6. The highest BCUT2D eigenvalue weighted by molar-refractivity contribution is 6.06. The van der Waals surface area contributed by atoms with Crippen molar-refractivity contribution in [3.63, 3.8) is 0 Å². The first-order valence-corrected chi connectivity index (χ1v) is 7.79. The predicted molar refractivity (Wildman–Crippen MR) is 89.7 cm³/mol. The van der Waals surface area contributed by atoms with Gasteiger partial charge in [0.1, 0.15) is 5.75 Å². The number of benzene rings is 2. The summed E-state index contributed by atoms with van der Waals surface area (Å²) in [5, 5.41) is 11.8. The maximum Gasteiger partial charge on any atom is 0.335 e. The average Bonchev–Trinajstić information content (AvgIpc) is 3.08. The molecule has 0 fully saturated rings. The van der Waals surface area contributed by atoms with Gasteiger partial charge in [-0.3, -0.25) is 4.79 Å². The fourth-order valence-electron chi connectivity index (χ4n) is 2.33. The number of carboxylic acid groups (broad SMARTS) is 1. The molecule has 1 aliphatic heterocycles. The van der Waals surface area contributed by atoms with Crippen molar-refractivity contribution in [3.8, 4) is 17.2 Å². The van der Waals surface area contributed by atoms with Crippen LogP contribution in [-0.4, -0.2) is 30.4 Å². The van der Waals surface area contributed by atoms with Crippen LogP contribution >= 0.6 is 0 Å². The molecule has 0 unspecified atom stereocenters. The summed E-state index contributed by atoms with van der Waals surface area (Å²) in [5.74, 6) is 0.00883. The SMILES string of the molecule is CCCOc1ccc(C(=O)O)cc1NC(=O)c1ccc2c(c1)OCO2. The van der Waals surface area contributed by atoms with E-state index in [9.17, 15) is 9.59 Å². The van der Waals surface area contributed by atoms with Gasteiger partial charge in [-0.1, -0.05) is 6.92 Å². The number of hydrogen-bond donors (Lipinski definition) is 2. The molecule has 1 heterocycles. The van der Waals surface area contributed by atoms with E-state index in [1.165, 1.54) is 18.2 Å². The Morgan fingerprint density at radius 1 is 1.12 bits per heavy atom. The number of fused-ring (bicyclic) bond motifs is 1. The number of ether oxygens (including phenoxy) is 3. The first kappa shape index (κ1) is 16.6. The zero-order valence-corrected chi connectivity index (χ0v) is 13.6. The van der Waals surface area contributed by atoms with Gasteiger partial charge in [0.05, 0.1) is 17.9 Å². The molecule has 25 heavy (non-hydrogen) atoms. The van der Waals surface area contributed by atoms with E-state index in [-0.39, 0.29) is 12.4 Å². The van der Waals surface area contributed by atoms with Gasteiger partial charge in [0.2, 0.25) is 6.79 Å². The van der Waals surface area contributed by atoms with Crippen LogP contribution in [0.2, 0.25) is 0 Å². The number of rotatable bonds is 6. The van der Waals surface area contributed by atoms with Crippen molar-refractivity contribution in [2.45, 2.75) is 13.3 Å². The Morgan fingerprint density at radius 3 is 2.64 bits per heavy atom. The van der Waals surface area contributed by atoms with Crippen LogP contribution in [0.1, 0.15) is 34.1 Å². The average molecular weight is 343 g/mol. The van der Waals surface area contributed by atoms with Gasteiger partial charge in [-0.25, -0.2) is 4.79 Å². The molecule has 0 saturated carbocycles. The second kappa shape index (κ2) is 7.12. The molecule has 7 heteroatoms. The van der Waals surface area contributed by atoms with Crippen molar-refractivity contribution in [3.05, 3.63) is 47.5 Å². The lowest BCUT2D eigenvalue weighted by atomic mass is 10.1. The third-order valence-electron chi connectivity index (χ3n) is 3.57. The van der Waals surface area contributed by atoms with Crippen LogP contribution in [0.15, 0.2) is 36.4 Å². The van der Waals surface area contributed by atoms with Gasteiger partial charge in [-0.15, -0.1) is 0 Å². The fourth-order valence-corrected chi connectivity index (χ4v) is 2.33. The zero-order chi connectivity index (χ0) is 17.8. The van der Waals surface area contributed by atoms with Crippen molar-refractivity contribution in [2.24, 2.45) is 0 Å². The van der Waals surface area contributed by atoms with E-state index in [0.29, 0.717) is 35.1 Å². The minimum atomic E-state index is -1.08. The van der Waals surface area contributed by atoms with Crippen LogP contribution in [0.25, 0.3) is 0 Å². The number of carbonyl (C=O) groups excluding carboxylic acids is 1. The molecule has 0 atom stereocenters. The normalized spacial score (nSPS) is 11.9. The fraction of sp³-hybridized carbons (Fsp3) is 0.222. The maximum absolute atomic E-state index is 12.5. The van der Waals surface area contributed by atoms with Gasteiger partial charge in [0, 0.05) is 5.56 Å². The molecule has 2 N–H and O–H groups in total. The molecule has 2 aromatic carbocycles. The molecule has 0 spiro atoms. The largest absolute Gasteiger partial charge is 0.491 e. The summed E-state index contributed by atoms with van der Waals surface area (Å²) in [5.41, 5.74) is 0.729. The summed E-state index contributed by atoms with van der Waals surface area (Å²) in [7, 11) is 0. The third kappa shape index (κ3) is 3.65. The van der Waals surface area contributed by atoms with Gasteiger partial charge in [0.25, 0.3) is 5.91 Å². The molecule has 0 aliphatic carbocycles. The van der Waals surface area contributed by atoms with Crippen molar-refractivity contribution < 1.29 is 28.9 Å². The number of nitrogens with one attached hydrogen (secondary N) is 1. The Morgan fingerprint density at radius 2 is 1.88 bits per heavy atom. The molecule has 130 valence electrons. The summed E-state index contributed by atoms with van der Waals surface area (Å²) in [6.07, 6.45) is 0.788. The lowest BCUT2D eigenvalue weighted by Gasteiger charge is -2.13. The summed E-state index contributed by atoms with van der Waals surface area (Å²) in [6, 6.07) is 9.18. The van der Waals surface area contributed by atoms with Crippen molar-refractivity contribution in [2.75, 3.05) is 18.7 Å². The molecule has 0 aromatic heterocycles. The molecule has 1 aliphatic rings. The van der Waals surface area contributed by atoms with Crippen LogP contribution in [0.4, 0.5) is 5.69 Å². The number of amides is 1. The molecular weight excluding hydrogens is 326 g/mol. The first-order chi connectivity index (χ1) is 12.1. The molecule has 0 bridgehead atoms. The van der Waals surface area contributed by atoms with E-state index in [4.69, 9.17) is 19.3 Å². The van der Waals surface area contributed by atoms with Crippen molar-refractivity contribution >= 4 is 17.6 Å². The number of hydrogen-bond acceptors (Lipinski definition) is 5. The standard InChI is InChI=1S/C18H17NO6/c1-2-7-23-14-5-4-12(18(21)22)8-13(14)19-17(20)11-3-6-15-16(9-11)25-10-24-15/h3-6,8-9H,2,7,10H2,1H3,(H,19,20)(H,21,22). The molecule has 0 radical (unpaired) electrons. The number of carboxylic acids is 1. The Balaban J connectivity index is 1.85. The van der Waals surface area contributed by atoms with Gasteiger partial charge in [-0.2, -0.15) is 0 Å². The van der Waals surface area contributed by atoms with Gasteiger partial charge in [-0.05, 0) is 42.8 Å². The number of carbonyl (C=O) groups is 2. The van der Waals surface area contributed by atoms with Crippen molar-refractivity contribution in [1.82, 2.24) is 0 Å². The lowest BCUT2D eigenvalue weighted by Crippen LogP contribution is -2.14. The van der Waals surface area contributed by atoms with Crippen LogP contribution < -0.4 is 19.5 Å². The van der Waals surface area contributed by atoms with Crippen LogP contribution in [0.5, 0.6) is 17.2 Å². The zero-order valence-electron chi connectivity index (χ0n) is 13.6. The Kier molecular flexibility index (Phi) is 4.74. The Bertz CT molecular complexity index is 817. The Labute approximate surface area is 144 Å². The number of anilines is 1. The monoisotopic (exact) mass is 343 g/mol. The van der Waals surface area contributed by atoms with Crippen molar-refractivity contribution in [1.29, 1.82) is 0 Å². The highest BCUT2D eigenvalue weighted by atomic mass is 16.7. The van der Waals surface area contributed by atoms with E-state index in [1.807, 2.05) is 6.92 Å². The minimum Gasteiger partial charge on any atom is -0.491 e. The second-order valence-electron chi connectivity index (χ2n) is 5.39. The smallest absolute Gasteiger partial charge is 0.335 e. The molecule has 7 nitrogen and oxygen atoms in total. The van der Waals surface area contributed by atoms with E-state index >= 15 is 0 Å². The van der Waals surface area contributed by atoms with Gasteiger partial charge in [0.15, 0.2) is 11.5 Å². The van der Waals surface area contributed by atoms with Crippen LogP contribution in [0.3, 0.4) is 0 Å². The van der Waals surface area contributed by atoms with E-state index in [1.54, 1.807) is 18.2 Å². The third-order valence-corrected chi connectivity index (χ3v) is 3.57. The molecule has 1 amide bonds. The topological polar surface area (TPSA) is 94.1 Å². The Hall–Kier alpha value is -3.22. The quantitative estimate of drug-likeness (QED) is 0.837. The second-order valence-corrected chi connectivity index (χ2v) is 5.39. The highest BCUT2D eigenvalue weighted by Crippen LogP contribution is 2.33. The van der Waals surface area contributed by atoms with Crippen LogP contribution in [0, 0.1) is 0 Å². The lowest BCUT2D eigenvalue weighted by molar-refractivity contribution is 0.0696.